The van der Waals surface area contributed by atoms with Gasteiger partial charge < -0.3 is 9.30 Å². The van der Waals surface area contributed by atoms with Crippen molar-refractivity contribution in [1.29, 1.82) is 5.26 Å². The molecule has 3 rings (SSSR count). The molecule has 0 atom stereocenters. The third-order valence-electron chi connectivity index (χ3n) is 4.50. The van der Waals surface area contributed by atoms with Gasteiger partial charge in [-0.2, -0.15) is 18.4 Å². The number of nitrogens with one attached hydrogen (secondary N) is 1. The number of carbonyl (C=O) groups excluding carboxylic acids is 1. The highest BCUT2D eigenvalue weighted by Gasteiger charge is 2.31. The molecule has 3 aromatic rings. The molecule has 150 valence electrons. The van der Waals surface area contributed by atoms with E-state index < -0.39 is 17.8 Å². The van der Waals surface area contributed by atoms with Crippen LogP contribution in [-0.2, 0) is 17.5 Å². The lowest BCUT2D eigenvalue weighted by Crippen LogP contribution is -2.13. The van der Waals surface area contributed by atoms with Gasteiger partial charge in [0.2, 0.25) is 0 Å². The van der Waals surface area contributed by atoms with Crippen LogP contribution in [0.15, 0.2) is 42.5 Å². The maximum atomic E-state index is 13.1. The van der Waals surface area contributed by atoms with Crippen LogP contribution in [0.5, 0.6) is 0 Å². The van der Waals surface area contributed by atoms with E-state index in [1.54, 1.807) is 42.7 Å². The molecule has 8 heteroatoms. The molecule has 29 heavy (non-hydrogen) atoms. The fourth-order valence-corrected chi connectivity index (χ4v) is 3.26. The molecule has 1 amide bonds. The minimum absolute atomic E-state index is 0.242. The van der Waals surface area contributed by atoms with Crippen molar-refractivity contribution in [1.82, 2.24) is 4.57 Å². The fourth-order valence-electron chi connectivity index (χ4n) is 3.26. The van der Waals surface area contributed by atoms with Crippen LogP contribution in [0.3, 0.4) is 0 Å². The molecule has 1 heterocycles. The quantitative estimate of drug-likeness (QED) is 0.602. The minimum Gasteiger partial charge on any atom is -0.450 e. The van der Waals surface area contributed by atoms with Crippen molar-refractivity contribution in [2.75, 3.05) is 11.9 Å². The van der Waals surface area contributed by atoms with E-state index in [0.29, 0.717) is 40.0 Å². The number of hydrogen-bond donors (Lipinski definition) is 1. The Morgan fingerprint density at radius 2 is 1.86 bits per heavy atom. The van der Waals surface area contributed by atoms with E-state index >= 15 is 0 Å². The van der Waals surface area contributed by atoms with Gasteiger partial charge in [-0.1, -0.05) is 18.2 Å². The molecule has 0 aliphatic rings. The molecule has 2 aromatic carbocycles. The maximum absolute atomic E-state index is 13.1. The van der Waals surface area contributed by atoms with Gasteiger partial charge in [-0.3, -0.25) is 5.32 Å². The highest BCUT2D eigenvalue weighted by atomic mass is 19.4. The normalized spacial score (nSPS) is 11.3. The van der Waals surface area contributed by atoms with Crippen molar-refractivity contribution in [3.05, 3.63) is 53.6 Å². The summed E-state index contributed by atoms with van der Waals surface area (Å²) in [6.07, 6.45) is -5.05. The van der Waals surface area contributed by atoms with E-state index in [2.05, 4.69) is 11.4 Å². The zero-order chi connectivity index (χ0) is 21.2. The first kappa shape index (κ1) is 20.3. The number of aryl methyl sites for hydroxylation is 1. The number of alkyl halides is 3. The molecule has 1 N–H and O–H groups in total. The molecule has 0 spiro atoms. The van der Waals surface area contributed by atoms with Gasteiger partial charge in [-0.05, 0) is 43.7 Å². The molecule has 0 fully saturated rings. The first-order chi connectivity index (χ1) is 13.8. The molecule has 0 saturated heterocycles. The molecule has 0 bridgehead atoms. The first-order valence-corrected chi connectivity index (χ1v) is 8.97. The minimum atomic E-state index is -4.47. The van der Waals surface area contributed by atoms with Crippen molar-refractivity contribution in [3.8, 4) is 17.3 Å². The number of hydrogen-bond acceptors (Lipinski definition) is 3. The average molecular weight is 401 g/mol. The van der Waals surface area contributed by atoms with Crippen LogP contribution in [0.1, 0.15) is 25.0 Å². The summed E-state index contributed by atoms with van der Waals surface area (Å²) in [7, 11) is 0. The van der Waals surface area contributed by atoms with E-state index in [1.165, 1.54) is 6.07 Å². The van der Waals surface area contributed by atoms with Crippen molar-refractivity contribution in [3.63, 3.8) is 0 Å². The Bertz CT molecular complexity index is 1090. The fraction of sp³-hybridized carbons (Fsp3) is 0.238. The van der Waals surface area contributed by atoms with Gasteiger partial charge in [0.25, 0.3) is 0 Å². The average Bonchev–Trinajstić information content (AvgIpc) is 3.00. The zero-order valence-corrected chi connectivity index (χ0v) is 15.8. The van der Waals surface area contributed by atoms with Crippen LogP contribution >= 0.6 is 0 Å². The number of carbonyl (C=O) groups is 1. The summed E-state index contributed by atoms with van der Waals surface area (Å²) in [4.78, 5) is 11.5. The lowest BCUT2D eigenvalue weighted by molar-refractivity contribution is -0.137. The van der Waals surface area contributed by atoms with E-state index in [0.717, 1.165) is 12.1 Å². The summed E-state index contributed by atoms with van der Waals surface area (Å²) < 4.78 is 46.0. The van der Waals surface area contributed by atoms with Crippen LogP contribution in [0.25, 0.3) is 22.2 Å². The number of amides is 1. The van der Waals surface area contributed by atoms with Crippen LogP contribution in [0.2, 0.25) is 0 Å². The molecule has 0 radical (unpaired) electrons. The molecular weight excluding hydrogens is 383 g/mol. The van der Waals surface area contributed by atoms with Crippen molar-refractivity contribution < 1.29 is 22.7 Å². The summed E-state index contributed by atoms with van der Waals surface area (Å²) in [6.45, 7) is 4.13. The number of fused-ring (bicyclic) bond motifs is 1. The second kappa shape index (κ2) is 7.87. The summed E-state index contributed by atoms with van der Waals surface area (Å²) in [5.74, 6) is 0. The molecule has 0 unspecified atom stereocenters. The number of nitrogens with zero attached hydrogens (tertiary/aromatic N) is 2. The molecule has 1 aromatic heterocycles. The summed E-state index contributed by atoms with van der Waals surface area (Å²) in [5.41, 5.74) is 1.59. The number of ether oxygens (including phenoxy) is 1. The first-order valence-electron chi connectivity index (χ1n) is 8.97. The molecule has 5 nitrogen and oxygen atoms in total. The molecular formula is C21H18F3N3O2. The second-order valence-corrected chi connectivity index (χ2v) is 6.23. The van der Waals surface area contributed by atoms with Gasteiger partial charge in [-0.25, -0.2) is 4.79 Å². The van der Waals surface area contributed by atoms with Gasteiger partial charge in [0, 0.05) is 17.6 Å². The topological polar surface area (TPSA) is 67.0 Å². The van der Waals surface area contributed by atoms with Gasteiger partial charge in [0.1, 0.15) is 6.07 Å². The number of rotatable bonds is 4. The highest BCUT2D eigenvalue weighted by Crippen LogP contribution is 2.37. The number of nitriles is 1. The van der Waals surface area contributed by atoms with Gasteiger partial charge in [-0.15, -0.1) is 0 Å². The predicted octanol–water partition coefficient (Wildman–Crippen LogP) is 5.79. The van der Waals surface area contributed by atoms with Crippen molar-refractivity contribution in [2.45, 2.75) is 26.6 Å². The number of halogens is 3. The van der Waals surface area contributed by atoms with E-state index in [1.807, 2.05) is 0 Å². The van der Waals surface area contributed by atoms with Crippen LogP contribution in [0.4, 0.5) is 23.7 Å². The Labute approximate surface area is 165 Å². The summed E-state index contributed by atoms with van der Waals surface area (Å²) in [6, 6.07) is 12.2. The standard InChI is InChI=1S/C21H18F3N3O2/c1-3-27-18-11-14(21(22,23)24)7-10-16(18)17(12-25)19(27)13-5-8-15(9-6-13)26-20(28)29-4-2/h5-11H,3-4H2,1-2H3,(H,26,28). The predicted molar refractivity (Wildman–Crippen MR) is 103 cm³/mol. The van der Waals surface area contributed by atoms with E-state index in [-0.39, 0.29) is 6.61 Å². The van der Waals surface area contributed by atoms with Crippen LogP contribution < -0.4 is 5.32 Å². The van der Waals surface area contributed by atoms with Gasteiger partial charge in [0.15, 0.2) is 0 Å². The number of aromatic nitrogens is 1. The van der Waals surface area contributed by atoms with Gasteiger partial charge in [0.05, 0.1) is 28.9 Å². The van der Waals surface area contributed by atoms with E-state index in [9.17, 15) is 23.2 Å². The maximum Gasteiger partial charge on any atom is 0.416 e. The van der Waals surface area contributed by atoms with Crippen molar-refractivity contribution >= 4 is 22.7 Å². The Hall–Kier alpha value is -3.47. The SMILES string of the molecule is CCOC(=O)Nc1ccc(-c2c(C#N)c3ccc(C(F)(F)F)cc3n2CC)cc1. The van der Waals surface area contributed by atoms with Crippen LogP contribution in [-0.4, -0.2) is 17.3 Å². The smallest absolute Gasteiger partial charge is 0.416 e. The third kappa shape index (κ3) is 3.90. The van der Waals surface area contributed by atoms with Crippen molar-refractivity contribution in [2.24, 2.45) is 0 Å². The van der Waals surface area contributed by atoms with Crippen LogP contribution in [0, 0.1) is 11.3 Å². The Morgan fingerprint density at radius 3 is 2.41 bits per heavy atom. The monoisotopic (exact) mass is 401 g/mol. The Morgan fingerprint density at radius 1 is 1.17 bits per heavy atom. The number of benzene rings is 2. The largest absolute Gasteiger partial charge is 0.450 e. The van der Waals surface area contributed by atoms with E-state index in [4.69, 9.17) is 4.74 Å². The Balaban J connectivity index is 2.11. The molecule has 0 saturated carbocycles. The lowest BCUT2D eigenvalue weighted by atomic mass is 10.0. The summed E-state index contributed by atoms with van der Waals surface area (Å²) >= 11 is 0. The third-order valence-corrected chi connectivity index (χ3v) is 4.50. The zero-order valence-electron chi connectivity index (χ0n) is 15.8. The lowest BCUT2D eigenvalue weighted by Gasteiger charge is -2.11. The summed E-state index contributed by atoms with van der Waals surface area (Å²) in [5, 5.41) is 12.7. The number of anilines is 1. The second-order valence-electron chi connectivity index (χ2n) is 6.23. The molecule has 0 aliphatic heterocycles. The van der Waals surface area contributed by atoms with Gasteiger partial charge >= 0.3 is 12.3 Å². The Kier molecular flexibility index (Phi) is 5.50. The molecule has 0 aliphatic carbocycles. The highest BCUT2D eigenvalue weighted by molar-refractivity contribution is 5.95.